The van der Waals surface area contributed by atoms with Gasteiger partial charge >= 0.3 is 18.3 Å². The number of ether oxygens (including phenoxy) is 1. The van der Waals surface area contributed by atoms with Crippen LogP contribution >= 0.6 is 11.6 Å². The van der Waals surface area contributed by atoms with Gasteiger partial charge in [0.2, 0.25) is 0 Å². The number of amides is 4. The van der Waals surface area contributed by atoms with Crippen molar-refractivity contribution in [2.45, 2.75) is 57.3 Å². The van der Waals surface area contributed by atoms with Crippen LogP contribution in [-0.4, -0.2) is 107 Å². The molecular weight excluding hydrogens is 735 g/mol. The lowest BCUT2D eigenvalue weighted by Gasteiger charge is -2.25. The number of aliphatic hydroxyl groups excluding tert-OH is 1. The van der Waals surface area contributed by atoms with Crippen molar-refractivity contribution >= 4 is 46.8 Å². The third kappa shape index (κ3) is 7.30. The Morgan fingerprint density at radius 2 is 1.81 bits per heavy atom. The van der Waals surface area contributed by atoms with E-state index in [4.69, 9.17) is 21.6 Å². The highest BCUT2D eigenvalue weighted by Gasteiger charge is 2.57. The Balaban J connectivity index is 0.946. The van der Waals surface area contributed by atoms with Crippen molar-refractivity contribution in [3.8, 4) is 17.3 Å². The summed E-state index contributed by atoms with van der Waals surface area (Å²) in [6.45, 7) is 5.86. The molecule has 5 heterocycles. The Morgan fingerprint density at radius 3 is 2.48 bits per heavy atom. The summed E-state index contributed by atoms with van der Waals surface area (Å²) < 4.78 is 49.1. The van der Waals surface area contributed by atoms with Gasteiger partial charge in [0.1, 0.15) is 12.1 Å². The number of carbonyl (C=O) groups is 3. The minimum atomic E-state index is -4.77. The van der Waals surface area contributed by atoms with Gasteiger partial charge in [0.25, 0.3) is 5.91 Å². The molecule has 2 saturated heterocycles. The van der Waals surface area contributed by atoms with Crippen LogP contribution in [0.2, 0.25) is 5.02 Å². The molecule has 20 heteroatoms. The van der Waals surface area contributed by atoms with E-state index in [0.717, 1.165) is 10.9 Å². The first-order valence-corrected chi connectivity index (χ1v) is 17.3. The number of likely N-dealkylation sites (tertiary alicyclic amines) is 2. The fraction of sp³-hybridized carbons (Fsp3) is 0.441. The second-order valence-corrected chi connectivity index (χ2v) is 14.8. The molecule has 4 N–H and O–H groups in total. The van der Waals surface area contributed by atoms with Crippen LogP contribution in [0.4, 0.5) is 34.3 Å². The minimum Gasteiger partial charge on any atom is -0.444 e. The number of urea groups is 1. The number of aliphatic hydroxyl groups is 1. The van der Waals surface area contributed by atoms with Crippen LogP contribution in [0.5, 0.6) is 0 Å². The number of alkyl halides is 3. The zero-order valence-electron chi connectivity index (χ0n) is 29.1. The maximum Gasteiger partial charge on any atom is 0.435 e. The van der Waals surface area contributed by atoms with E-state index in [9.17, 15) is 32.7 Å². The fourth-order valence-electron chi connectivity index (χ4n) is 6.88. The second-order valence-electron chi connectivity index (χ2n) is 14.4. The van der Waals surface area contributed by atoms with E-state index in [-0.39, 0.29) is 76.9 Å². The smallest absolute Gasteiger partial charge is 0.435 e. The molecule has 1 saturated carbocycles. The van der Waals surface area contributed by atoms with Gasteiger partial charge in [0.05, 0.1) is 52.8 Å². The molecular formula is C34H35ClF3N11O5. The Kier molecular flexibility index (Phi) is 9.30. The predicted octanol–water partition coefficient (Wildman–Crippen LogP) is 3.88. The summed E-state index contributed by atoms with van der Waals surface area (Å²) in [5.41, 5.74) is -1.15. The van der Waals surface area contributed by atoms with Gasteiger partial charge in [-0.3, -0.25) is 13.9 Å². The van der Waals surface area contributed by atoms with Gasteiger partial charge < -0.3 is 35.6 Å². The number of β-amino-alcohol motifs (C(OH)–C–C–N with tert-alkyl or cyclic N) is 1. The third-order valence-corrected chi connectivity index (χ3v) is 9.78. The number of nitriles is 1. The molecule has 16 nitrogen and oxygen atoms in total. The molecule has 0 spiro atoms. The topological polar surface area (TPSA) is 195 Å². The van der Waals surface area contributed by atoms with Crippen molar-refractivity contribution in [2.75, 3.05) is 31.5 Å². The summed E-state index contributed by atoms with van der Waals surface area (Å²) in [4.78, 5) is 50.2. The Morgan fingerprint density at radius 1 is 1.07 bits per heavy atom. The number of nitrogens with one attached hydrogen (secondary N) is 3. The molecule has 3 fully saturated rings. The Hall–Kier alpha value is -5.61. The summed E-state index contributed by atoms with van der Waals surface area (Å²) in [5, 5.41) is 32.0. The standard InChI is InChI=1S/C34H35ClF3N11O5/c1-33(2,3)54-32(53)47-15-23(25(50)16-47)43-31(52)46-12-19-20(13-46)26(19)44-30(51)18-5-4-17(10-22(18)35)42-28-29-41-11-24(49(29)9-7-40-28)21-14-48(8-6-39)45-27(21)34(36,37)38/h4-5,7,9-11,14,19-20,23,25-26,50H,8,12-13,15-16H2,1-3H3,(H,40,42)(H,43,52)(H,44,51)/t19-,20+,23-,25-,26?/m1/s1. The summed E-state index contributed by atoms with van der Waals surface area (Å²) in [7, 11) is 0. The molecule has 3 aliphatic rings. The first-order valence-electron chi connectivity index (χ1n) is 16.9. The van der Waals surface area contributed by atoms with Crippen molar-refractivity contribution in [1.29, 1.82) is 5.26 Å². The minimum absolute atomic E-state index is 0.0464. The lowest BCUT2D eigenvalue weighted by Crippen LogP contribution is -2.50. The highest BCUT2D eigenvalue weighted by atomic mass is 35.5. The van der Waals surface area contributed by atoms with Gasteiger partial charge in [-0.05, 0) is 39.0 Å². The number of rotatable bonds is 7. The zero-order chi connectivity index (χ0) is 38.7. The number of carbonyl (C=O) groups excluding carboxylic acids is 3. The first-order chi connectivity index (χ1) is 25.5. The van der Waals surface area contributed by atoms with Crippen molar-refractivity contribution in [3.05, 3.63) is 59.3 Å². The van der Waals surface area contributed by atoms with Gasteiger partial charge in [-0.1, -0.05) is 11.6 Å². The number of halogens is 4. The van der Waals surface area contributed by atoms with Crippen molar-refractivity contribution in [3.63, 3.8) is 0 Å². The fourth-order valence-corrected chi connectivity index (χ4v) is 7.15. The number of hydrogen-bond donors (Lipinski definition) is 4. The van der Waals surface area contributed by atoms with Crippen LogP contribution in [0, 0.1) is 23.2 Å². The Bertz CT molecular complexity index is 2170. The van der Waals surface area contributed by atoms with Crippen LogP contribution in [0.3, 0.4) is 0 Å². The van der Waals surface area contributed by atoms with Crippen LogP contribution in [-0.2, 0) is 17.5 Å². The predicted molar refractivity (Wildman–Crippen MR) is 185 cm³/mol. The normalized spacial score (nSPS) is 22.2. The Labute approximate surface area is 310 Å². The lowest BCUT2D eigenvalue weighted by molar-refractivity contribution is -0.141. The van der Waals surface area contributed by atoms with Gasteiger partial charge in [-0.15, -0.1) is 0 Å². The number of nitrogens with zero attached hydrogens (tertiary/aromatic N) is 8. The summed E-state index contributed by atoms with van der Waals surface area (Å²) in [6, 6.07) is 5.27. The average Bonchev–Trinajstić information content (AvgIpc) is 3.65. The zero-order valence-corrected chi connectivity index (χ0v) is 29.9. The quantitative estimate of drug-likeness (QED) is 0.214. The summed E-state index contributed by atoms with van der Waals surface area (Å²) >= 11 is 6.53. The molecule has 5 atom stereocenters. The molecule has 4 aromatic rings. The monoisotopic (exact) mass is 769 g/mol. The van der Waals surface area contributed by atoms with Gasteiger partial charge in [-0.2, -0.15) is 23.5 Å². The van der Waals surface area contributed by atoms with E-state index in [1.54, 1.807) is 37.8 Å². The van der Waals surface area contributed by atoms with Crippen molar-refractivity contribution < 1.29 is 37.4 Å². The number of hydrogen-bond acceptors (Lipinski definition) is 10. The molecule has 1 aliphatic carbocycles. The highest BCUT2D eigenvalue weighted by molar-refractivity contribution is 6.34. The van der Waals surface area contributed by atoms with Gasteiger partial charge in [0.15, 0.2) is 17.2 Å². The van der Waals surface area contributed by atoms with Crippen LogP contribution in [0.1, 0.15) is 36.8 Å². The molecule has 0 bridgehead atoms. The molecule has 54 heavy (non-hydrogen) atoms. The maximum absolute atomic E-state index is 13.8. The van der Waals surface area contributed by atoms with Gasteiger partial charge in [0, 0.05) is 61.8 Å². The number of piperidine rings is 1. The SMILES string of the molecule is CC(C)(C)OC(=O)N1C[C@@H](O)[C@H](NC(=O)N2C[C@@H]3C(NC(=O)c4ccc(Nc5nccn6c(-c7cn(CC#N)nc7C(F)(F)F)cnc56)cc4Cl)[C@@H]3C2)C1. The molecule has 1 aromatic carbocycles. The molecule has 1 unspecified atom stereocenters. The highest BCUT2D eigenvalue weighted by Crippen LogP contribution is 2.46. The number of anilines is 2. The summed E-state index contributed by atoms with van der Waals surface area (Å²) in [5.74, 6) is -0.0962. The molecule has 3 aromatic heterocycles. The van der Waals surface area contributed by atoms with Crippen LogP contribution in [0.25, 0.3) is 16.9 Å². The number of fused-ring (bicyclic) bond motifs is 2. The van der Waals surface area contributed by atoms with E-state index in [0.29, 0.717) is 18.8 Å². The van der Waals surface area contributed by atoms with Crippen LogP contribution < -0.4 is 16.0 Å². The van der Waals surface area contributed by atoms with E-state index in [2.05, 4.69) is 31.0 Å². The van der Waals surface area contributed by atoms with E-state index in [1.807, 2.05) is 0 Å². The van der Waals surface area contributed by atoms with Crippen LogP contribution in [0.15, 0.2) is 43.0 Å². The van der Waals surface area contributed by atoms with Crippen molar-refractivity contribution in [2.24, 2.45) is 11.8 Å². The number of imidazole rings is 1. The largest absolute Gasteiger partial charge is 0.444 e. The molecule has 4 amide bonds. The van der Waals surface area contributed by atoms with Gasteiger partial charge in [-0.25, -0.2) is 19.6 Å². The average molecular weight is 770 g/mol. The number of benzene rings is 1. The first kappa shape index (κ1) is 36.7. The molecule has 7 rings (SSSR count). The molecule has 0 radical (unpaired) electrons. The van der Waals surface area contributed by atoms with E-state index < -0.39 is 41.6 Å². The van der Waals surface area contributed by atoms with E-state index in [1.165, 1.54) is 40.0 Å². The van der Waals surface area contributed by atoms with Crippen molar-refractivity contribution in [1.82, 2.24) is 44.6 Å². The maximum atomic E-state index is 13.8. The molecule has 2 aliphatic heterocycles. The second kappa shape index (κ2) is 13.7. The van der Waals surface area contributed by atoms with E-state index >= 15 is 0 Å². The lowest BCUT2D eigenvalue weighted by atomic mass is 10.2. The third-order valence-electron chi connectivity index (χ3n) is 9.47. The molecule has 284 valence electrons. The summed E-state index contributed by atoms with van der Waals surface area (Å²) in [6.07, 6.45) is -1.04. The number of aromatic nitrogens is 5.